The number of alkyl halides is 1. The largest absolute Gasteiger partial charge is 0.300 e. The molecule has 1 saturated heterocycles. The molecule has 0 spiro atoms. The van der Waals surface area contributed by atoms with Crippen LogP contribution < -0.4 is 0 Å². The highest BCUT2D eigenvalue weighted by Crippen LogP contribution is 2.23. The molecule has 0 aromatic heterocycles. The third-order valence-electron chi connectivity index (χ3n) is 3.31. The third kappa shape index (κ3) is 3.25. The van der Waals surface area contributed by atoms with Crippen molar-refractivity contribution >= 4 is 15.9 Å². The molecule has 3 atom stereocenters. The van der Waals surface area contributed by atoms with Crippen LogP contribution in [0.5, 0.6) is 0 Å². The van der Waals surface area contributed by atoms with Crippen LogP contribution >= 0.6 is 15.9 Å². The van der Waals surface area contributed by atoms with Crippen molar-refractivity contribution in [1.82, 2.24) is 4.90 Å². The Bertz CT molecular complexity index is 149. The van der Waals surface area contributed by atoms with Crippen LogP contribution in [-0.2, 0) is 0 Å². The van der Waals surface area contributed by atoms with Crippen LogP contribution in [0.3, 0.4) is 0 Å². The van der Waals surface area contributed by atoms with Crippen molar-refractivity contribution in [3.8, 4) is 0 Å². The summed E-state index contributed by atoms with van der Waals surface area (Å²) in [6, 6.07) is 0.787. The van der Waals surface area contributed by atoms with E-state index in [1.165, 1.54) is 25.9 Å². The number of nitrogens with zero attached hydrogens (tertiary/aromatic N) is 1. The maximum absolute atomic E-state index is 3.55. The van der Waals surface area contributed by atoms with Crippen molar-refractivity contribution in [2.24, 2.45) is 11.8 Å². The molecule has 0 aliphatic carbocycles. The Morgan fingerprint density at radius 3 is 2.77 bits per heavy atom. The Balaban J connectivity index is 2.39. The maximum atomic E-state index is 3.55. The first kappa shape index (κ1) is 11.5. The lowest BCUT2D eigenvalue weighted by molar-refractivity contribution is 0.102. The molecule has 0 aromatic rings. The summed E-state index contributed by atoms with van der Waals surface area (Å²) in [6.07, 6.45) is 2.81. The molecule has 0 N–H and O–H groups in total. The molecular weight excluding hydrogens is 226 g/mol. The molecular formula is C11H22BrN. The second-order valence-corrected chi connectivity index (χ2v) is 5.26. The van der Waals surface area contributed by atoms with Gasteiger partial charge in [-0.3, -0.25) is 0 Å². The molecule has 1 aliphatic heterocycles. The predicted molar refractivity (Wildman–Crippen MR) is 62.4 cm³/mol. The second kappa shape index (κ2) is 5.35. The summed E-state index contributed by atoms with van der Waals surface area (Å²) in [4.78, 5) is 2.65. The maximum Gasteiger partial charge on any atom is 0.00926 e. The van der Waals surface area contributed by atoms with Crippen LogP contribution in [0.2, 0.25) is 0 Å². The fourth-order valence-electron chi connectivity index (χ4n) is 2.13. The zero-order valence-corrected chi connectivity index (χ0v) is 10.7. The fraction of sp³-hybridized carbons (Fsp3) is 1.00. The number of hydrogen-bond donors (Lipinski definition) is 0. The van der Waals surface area contributed by atoms with Crippen molar-refractivity contribution in [2.75, 3.05) is 18.4 Å². The first-order valence-corrected chi connectivity index (χ1v) is 6.57. The summed E-state index contributed by atoms with van der Waals surface area (Å²) >= 11 is 3.55. The molecule has 2 heteroatoms. The van der Waals surface area contributed by atoms with E-state index in [0.29, 0.717) is 0 Å². The molecule has 0 aromatic carbocycles. The standard InChI is InChI=1S/C11H22BrN/c1-9(7-12)8-13-6-4-5-10(2)11(13)3/h9-11H,4-8H2,1-3H3. The number of hydrogen-bond acceptors (Lipinski definition) is 1. The number of piperidine rings is 1. The van der Waals surface area contributed by atoms with Crippen molar-refractivity contribution in [2.45, 2.75) is 39.7 Å². The van der Waals surface area contributed by atoms with E-state index in [-0.39, 0.29) is 0 Å². The molecule has 3 unspecified atom stereocenters. The zero-order valence-electron chi connectivity index (χ0n) is 9.09. The van der Waals surface area contributed by atoms with Gasteiger partial charge in [0, 0.05) is 17.9 Å². The zero-order chi connectivity index (χ0) is 9.84. The van der Waals surface area contributed by atoms with Crippen LogP contribution in [0, 0.1) is 11.8 Å². The molecule has 1 fully saturated rings. The Hall–Kier alpha value is 0.440. The van der Waals surface area contributed by atoms with Gasteiger partial charge in [0.25, 0.3) is 0 Å². The Morgan fingerprint density at radius 2 is 2.15 bits per heavy atom. The fourth-order valence-corrected chi connectivity index (χ4v) is 2.33. The van der Waals surface area contributed by atoms with Gasteiger partial charge in [0.05, 0.1) is 0 Å². The first-order chi connectivity index (χ1) is 6.15. The van der Waals surface area contributed by atoms with Crippen molar-refractivity contribution in [3.63, 3.8) is 0 Å². The van der Waals surface area contributed by atoms with Crippen LogP contribution in [0.1, 0.15) is 33.6 Å². The van der Waals surface area contributed by atoms with Gasteiger partial charge >= 0.3 is 0 Å². The van der Waals surface area contributed by atoms with E-state index in [9.17, 15) is 0 Å². The van der Waals surface area contributed by atoms with Gasteiger partial charge in [0.1, 0.15) is 0 Å². The Labute approximate surface area is 91.0 Å². The quantitative estimate of drug-likeness (QED) is 0.693. The summed E-state index contributed by atoms with van der Waals surface area (Å²) < 4.78 is 0. The minimum Gasteiger partial charge on any atom is -0.300 e. The first-order valence-electron chi connectivity index (χ1n) is 5.45. The van der Waals surface area contributed by atoms with Crippen molar-refractivity contribution in [3.05, 3.63) is 0 Å². The van der Waals surface area contributed by atoms with Gasteiger partial charge in [0.15, 0.2) is 0 Å². The van der Waals surface area contributed by atoms with Gasteiger partial charge < -0.3 is 4.90 Å². The molecule has 0 saturated carbocycles. The molecule has 13 heavy (non-hydrogen) atoms. The van der Waals surface area contributed by atoms with E-state index < -0.39 is 0 Å². The lowest BCUT2D eigenvalue weighted by Gasteiger charge is -2.39. The summed E-state index contributed by atoms with van der Waals surface area (Å²) in [5, 5.41) is 1.13. The molecule has 0 radical (unpaired) electrons. The molecule has 1 heterocycles. The van der Waals surface area contributed by atoms with Gasteiger partial charge in [-0.2, -0.15) is 0 Å². The van der Waals surface area contributed by atoms with Crippen molar-refractivity contribution < 1.29 is 0 Å². The number of likely N-dealkylation sites (tertiary alicyclic amines) is 1. The third-order valence-corrected chi connectivity index (χ3v) is 4.42. The molecule has 78 valence electrons. The number of halogens is 1. The average Bonchev–Trinajstić information content (AvgIpc) is 2.13. The topological polar surface area (TPSA) is 3.24 Å². The summed E-state index contributed by atoms with van der Waals surface area (Å²) in [6.45, 7) is 9.65. The van der Waals surface area contributed by atoms with Gasteiger partial charge in [-0.15, -0.1) is 0 Å². The highest BCUT2D eigenvalue weighted by Gasteiger charge is 2.24. The minimum absolute atomic E-state index is 0.785. The van der Waals surface area contributed by atoms with E-state index >= 15 is 0 Å². The summed E-state index contributed by atoms with van der Waals surface area (Å²) in [5.74, 6) is 1.67. The highest BCUT2D eigenvalue weighted by molar-refractivity contribution is 9.09. The lowest BCUT2D eigenvalue weighted by Crippen LogP contribution is -2.44. The van der Waals surface area contributed by atoms with Crippen LogP contribution in [0.25, 0.3) is 0 Å². The molecule has 0 bridgehead atoms. The summed E-state index contributed by atoms with van der Waals surface area (Å²) in [5.41, 5.74) is 0. The smallest absolute Gasteiger partial charge is 0.00926 e. The number of rotatable bonds is 3. The van der Waals surface area contributed by atoms with Gasteiger partial charge in [-0.05, 0) is 38.1 Å². The Morgan fingerprint density at radius 1 is 1.46 bits per heavy atom. The molecule has 0 amide bonds. The SMILES string of the molecule is CC(CBr)CN1CCCC(C)C1C. The van der Waals surface area contributed by atoms with E-state index in [2.05, 4.69) is 41.6 Å². The van der Waals surface area contributed by atoms with Gasteiger partial charge in [0.2, 0.25) is 0 Å². The minimum atomic E-state index is 0.785. The van der Waals surface area contributed by atoms with E-state index in [1.807, 2.05) is 0 Å². The molecule has 1 rings (SSSR count). The average molecular weight is 248 g/mol. The predicted octanol–water partition coefficient (Wildman–Crippen LogP) is 3.14. The molecule has 1 nitrogen and oxygen atoms in total. The molecule has 1 aliphatic rings. The van der Waals surface area contributed by atoms with E-state index in [4.69, 9.17) is 0 Å². The highest BCUT2D eigenvalue weighted by atomic mass is 79.9. The van der Waals surface area contributed by atoms with Crippen LogP contribution in [0.15, 0.2) is 0 Å². The van der Waals surface area contributed by atoms with Crippen molar-refractivity contribution in [1.29, 1.82) is 0 Å². The normalized spacial score (nSPS) is 33.2. The van der Waals surface area contributed by atoms with E-state index in [0.717, 1.165) is 23.2 Å². The van der Waals surface area contributed by atoms with Crippen LogP contribution in [0.4, 0.5) is 0 Å². The lowest BCUT2D eigenvalue weighted by atomic mass is 9.91. The summed E-state index contributed by atoms with van der Waals surface area (Å²) in [7, 11) is 0. The monoisotopic (exact) mass is 247 g/mol. The van der Waals surface area contributed by atoms with Crippen LogP contribution in [-0.4, -0.2) is 29.4 Å². The second-order valence-electron chi connectivity index (χ2n) is 4.61. The Kier molecular flexibility index (Phi) is 4.74. The van der Waals surface area contributed by atoms with E-state index in [1.54, 1.807) is 0 Å². The van der Waals surface area contributed by atoms with Gasteiger partial charge in [-0.25, -0.2) is 0 Å². The van der Waals surface area contributed by atoms with Gasteiger partial charge in [-0.1, -0.05) is 29.8 Å².